The minimum Gasteiger partial charge on any atom is -0.478 e. The first-order chi connectivity index (χ1) is 13.1. The standard InChI is InChI=1S/C20H17ClN2O4/c21-17-18(22-11-14-7-3-1-4-8-14)16(20(25)26)12-23(19(17)24)27-13-15-9-5-2-6-10-15/h1-10,12,22H,11,13H2,(H,25,26). The zero-order valence-corrected chi connectivity index (χ0v) is 15.0. The Bertz CT molecular complexity index is 988. The summed E-state index contributed by atoms with van der Waals surface area (Å²) in [4.78, 5) is 29.6. The van der Waals surface area contributed by atoms with Crippen molar-refractivity contribution < 1.29 is 14.7 Å². The Hall–Kier alpha value is -3.25. The lowest BCUT2D eigenvalue weighted by molar-refractivity contribution is 0.0676. The quantitative estimate of drug-likeness (QED) is 0.652. The van der Waals surface area contributed by atoms with Crippen molar-refractivity contribution >= 4 is 23.3 Å². The highest BCUT2D eigenvalue weighted by molar-refractivity contribution is 6.33. The van der Waals surface area contributed by atoms with E-state index in [1.54, 1.807) is 0 Å². The molecule has 2 N–H and O–H groups in total. The lowest BCUT2D eigenvalue weighted by atomic mass is 10.2. The van der Waals surface area contributed by atoms with E-state index < -0.39 is 11.5 Å². The number of anilines is 1. The second-order valence-corrected chi connectivity index (χ2v) is 6.14. The van der Waals surface area contributed by atoms with Gasteiger partial charge in [-0.15, -0.1) is 4.73 Å². The first-order valence-electron chi connectivity index (χ1n) is 8.19. The molecule has 0 atom stereocenters. The molecule has 0 saturated heterocycles. The van der Waals surface area contributed by atoms with Gasteiger partial charge in [-0.2, -0.15) is 0 Å². The molecular formula is C20H17ClN2O4. The van der Waals surface area contributed by atoms with Gasteiger partial charge < -0.3 is 15.3 Å². The second-order valence-electron chi connectivity index (χ2n) is 5.77. The Labute approximate surface area is 160 Å². The summed E-state index contributed by atoms with van der Waals surface area (Å²) in [7, 11) is 0. The van der Waals surface area contributed by atoms with Crippen LogP contribution in [0.15, 0.2) is 71.7 Å². The van der Waals surface area contributed by atoms with Crippen LogP contribution in [0.1, 0.15) is 21.5 Å². The molecule has 0 bridgehead atoms. The van der Waals surface area contributed by atoms with E-state index in [1.165, 1.54) is 0 Å². The Morgan fingerprint density at radius 1 is 1.04 bits per heavy atom. The predicted molar refractivity (Wildman–Crippen MR) is 103 cm³/mol. The minimum absolute atomic E-state index is 0.0672. The molecule has 3 rings (SSSR count). The molecule has 0 unspecified atom stereocenters. The minimum atomic E-state index is -1.22. The van der Waals surface area contributed by atoms with Crippen LogP contribution < -0.4 is 15.7 Å². The number of aromatic nitrogens is 1. The van der Waals surface area contributed by atoms with E-state index in [9.17, 15) is 14.7 Å². The van der Waals surface area contributed by atoms with Gasteiger partial charge in [0.25, 0.3) is 0 Å². The first kappa shape index (κ1) is 18.5. The molecular weight excluding hydrogens is 368 g/mol. The molecule has 3 aromatic rings. The second kappa shape index (κ2) is 8.42. The normalized spacial score (nSPS) is 10.4. The molecule has 0 aliphatic heterocycles. The van der Waals surface area contributed by atoms with Crippen LogP contribution in [0.4, 0.5) is 5.69 Å². The van der Waals surface area contributed by atoms with Crippen LogP contribution in [0.25, 0.3) is 0 Å². The summed E-state index contributed by atoms with van der Waals surface area (Å²) >= 11 is 6.16. The van der Waals surface area contributed by atoms with Gasteiger partial charge in [-0.3, -0.25) is 4.79 Å². The topological polar surface area (TPSA) is 80.6 Å². The summed E-state index contributed by atoms with van der Waals surface area (Å²) in [5.41, 5.74) is 1.05. The molecule has 7 heteroatoms. The number of halogens is 1. The zero-order chi connectivity index (χ0) is 19.2. The zero-order valence-electron chi connectivity index (χ0n) is 14.3. The van der Waals surface area contributed by atoms with Crippen LogP contribution in [0.5, 0.6) is 0 Å². The number of aromatic carboxylic acids is 1. The number of benzene rings is 2. The van der Waals surface area contributed by atoms with E-state index >= 15 is 0 Å². The number of hydrogen-bond donors (Lipinski definition) is 2. The Morgan fingerprint density at radius 3 is 2.22 bits per heavy atom. The molecule has 0 aliphatic carbocycles. The van der Waals surface area contributed by atoms with Crippen LogP contribution in [0.2, 0.25) is 5.02 Å². The van der Waals surface area contributed by atoms with Crippen LogP contribution in [0.3, 0.4) is 0 Å². The monoisotopic (exact) mass is 384 g/mol. The number of carbonyl (C=O) groups is 1. The van der Waals surface area contributed by atoms with Crippen molar-refractivity contribution in [3.05, 3.63) is 98.9 Å². The van der Waals surface area contributed by atoms with Crippen molar-refractivity contribution in [2.24, 2.45) is 0 Å². The van der Waals surface area contributed by atoms with Gasteiger partial charge >= 0.3 is 11.5 Å². The third kappa shape index (κ3) is 4.48. The molecule has 0 fully saturated rings. The SMILES string of the molecule is O=C(O)c1cn(OCc2ccccc2)c(=O)c(Cl)c1NCc1ccccc1. The predicted octanol–water partition coefficient (Wildman–Crippen LogP) is 3.44. The van der Waals surface area contributed by atoms with E-state index in [0.717, 1.165) is 22.1 Å². The van der Waals surface area contributed by atoms with E-state index in [4.69, 9.17) is 16.4 Å². The summed E-state index contributed by atoms with van der Waals surface area (Å²) in [5.74, 6) is -1.22. The lowest BCUT2D eigenvalue weighted by Crippen LogP contribution is -2.29. The third-order valence-electron chi connectivity index (χ3n) is 3.88. The van der Waals surface area contributed by atoms with Crippen molar-refractivity contribution in [2.45, 2.75) is 13.2 Å². The van der Waals surface area contributed by atoms with Crippen LogP contribution in [-0.4, -0.2) is 15.8 Å². The number of hydrogen-bond acceptors (Lipinski definition) is 4. The Balaban J connectivity index is 1.87. The largest absolute Gasteiger partial charge is 0.478 e. The fourth-order valence-corrected chi connectivity index (χ4v) is 2.75. The number of nitrogens with one attached hydrogen (secondary N) is 1. The number of nitrogens with zero attached hydrogens (tertiary/aromatic N) is 1. The molecule has 1 aromatic heterocycles. The summed E-state index contributed by atoms with van der Waals surface area (Å²) in [6.45, 7) is 0.433. The Kier molecular flexibility index (Phi) is 5.78. The van der Waals surface area contributed by atoms with E-state index in [0.29, 0.717) is 6.54 Å². The van der Waals surface area contributed by atoms with Gasteiger partial charge in [0.15, 0.2) is 0 Å². The summed E-state index contributed by atoms with van der Waals surface area (Å²) in [6.07, 6.45) is 1.13. The van der Waals surface area contributed by atoms with Gasteiger partial charge in [0.05, 0.1) is 11.9 Å². The van der Waals surface area contributed by atoms with Gasteiger partial charge in [-0.1, -0.05) is 72.3 Å². The lowest BCUT2D eigenvalue weighted by Gasteiger charge is -2.15. The molecule has 2 aromatic carbocycles. The fraction of sp³-hybridized carbons (Fsp3) is 0.100. The van der Waals surface area contributed by atoms with E-state index in [2.05, 4.69) is 5.32 Å². The smallest absolute Gasteiger partial charge is 0.339 e. The van der Waals surface area contributed by atoms with Gasteiger partial charge in [-0.05, 0) is 11.1 Å². The molecule has 1 heterocycles. The number of pyridine rings is 1. The van der Waals surface area contributed by atoms with Crippen LogP contribution in [0, 0.1) is 0 Å². The Morgan fingerprint density at radius 2 is 1.63 bits per heavy atom. The summed E-state index contributed by atoms with van der Waals surface area (Å²) < 4.78 is 0.854. The van der Waals surface area contributed by atoms with Crippen LogP contribution >= 0.6 is 11.6 Å². The average molecular weight is 385 g/mol. The molecule has 138 valence electrons. The summed E-state index contributed by atoms with van der Waals surface area (Å²) in [6, 6.07) is 18.6. The van der Waals surface area contributed by atoms with Crippen molar-refractivity contribution in [3.8, 4) is 0 Å². The van der Waals surface area contributed by atoms with Crippen molar-refractivity contribution in [3.63, 3.8) is 0 Å². The highest BCUT2D eigenvalue weighted by Gasteiger charge is 2.19. The van der Waals surface area contributed by atoms with Gasteiger partial charge in [0.1, 0.15) is 17.2 Å². The van der Waals surface area contributed by atoms with Crippen LogP contribution in [-0.2, 0) is 13.2 Å². The van der Waals surface area contributed by atoms with E-state index in [1.807, 2.05) is 60.7 Å². The third-order valence-corrected chi connectivity index (χ3v) is 4.23. The molecule has 6 nitrogen and oxygen atoms in total. The highest BCUT2D eigenvalue weighted by Crippen LogP contribution is 2.23. The molecule has 0 amide bonds. The maximum atomic E-state index is 12.5. The maximum Gasteiger partial charge on any atom is 0.339 e. The molecule has 27 heavy (non-hydrogen) atoms. The highest BCUT2D eigenvalue weighted by atomic mass is 35.5. The van der Waals surface area contributed by atoms with Gasteiger partial charge in [0, 0.05) is 6.54 Å². The molecule has 0 aliphatic rings. The summed E-state index contributed by atoms with van der Waals surface area (Å²) in [5, 5.41) is 12.2. The number of carboxylic acid groups (broad SMARTS) is 1. The number of carboxylic acids is 1. The average Bonchev–Trinajstić information content (AvgIpc) is 2.69. The fourth-order valence-electron chi connectivity index (χ4n) is 2.50. The van der Waals surface area contributed by atoms with E-state index in [-0.39, 0.29) is 22.9 Å². The molecule has 0 saturated carbocycles. The molecule has 0 radical (unpaired) electrons. The van der Waals surface area contributed by atoms with Gasteiger partial charge in [-0.25, -0.2) is 4.79 Å². The van der Waals surface area contributed by atoms with Crippen molar-refractivity contribution in [1.29, 1.82) is 0 Å². The first-order valence-corrected chi connectivity index (χ1v) is 8.57. The maximum absolute atomic E-state index is 12.5. The molecule has 0 spiro atoms. The number of rotatable bonds is 7. The van der Waals surface area contributed by atoms with Gasteiger partial charge in [0.2, 0.25) is 0 Å². The van der Waals surface area contributed by atoms with Crippen molar-refractivity contribution in [1.82, 2.24) is 4.73 Å². The van der Waals surface area contributed by atoms with Crippen molar-refractivity contribution in [2.75, 3.05) is 5.32 Å².